The number of carboxylic acids is 1. The van der Waals surface area contributed by atoms with Crippen molar-refractivity contribution in [2.24, 2.45) is 0 Å². The Morgan fingerprint density at radius 2 is 2.29 bits per heavy atom. The molecule has 0 aliphatic rings. The van der Waals surface area contributed by atoms with Crippen LogP contribution in [0.15, 0.2) is 28.9 Å². The zero-order valence-electron chi connectivity index (χ0n) is 8.17. The van der Waals surface area contributed by atoms with Gasteiger partial charge < -0.3 is 9.94 Å². The molecule has 0 saturated carbocycles. The molecule has 0 fully saturated rings. The smallest absolute Gasteiger partial charge is 0.358 e. The third-order valence-electron chi connectivity index (χ3n) is 1.78. The van der Waals surface area contributed by atoms with Gasteiger partial charge in [-0.3, -0.25) is 0 Å². The molecule has 88 valence electrons. The molecule has 0 spiro atoms. The van der Waals surface area contributed by atoms with Crippen molar-refractivity contribution in [3.63, 3.8) is 0 Å². The molecule has 0 radical (unpaired) electrons. The number of nitrogens with zero attached hydrogens (tertiary/aromatic N) is 3. The molecule has 0 aliphatic heterocycles. The summed E-state index contributed by atoms with van der Waals surface area (Å²) in [6, 6.07) is 4.92. The lowest BCUT2D eigenvalue weighted by molar-refractivity contribution is 0.0690. The summed E-state index contributed by atoms with van der Waals surface area (Å²) in [5, 5.41) is 16.0. The van der Waals surface area contributed by atoms with E-state index < -0.39 is 5.97 Å². The summed E-state index contributed by atoms with van der Waals surface area (Å²) in [6.45, 7) is 0. The van der Waals surface area contributed by atoms with Gasteiger partial charge in [0.25, 0.3) is 0 Å². The molecule has 0 atom stereocenters. The van der Waals surface area contributed by atoms with Crippen molar-refractivity contribution in [1.82, 2.24) is 15.2 Å². The van der Waals surface area contributed by atoms with Crippen LogP contribution >= 0.6 is 27.5 Å². The van der Waals surface area contributed by atoms with E-state index in [0.717, 1.165) is 15.5 Å². The van der Waals surface area contributed by atoms with Crippen LogP contribution in [0.1, 0.15) is 10.5 Å². The lowest BCUT2D eigenvalue weighted by Crippen LogP contribution is -2.05. The van der Waals surface area contributed by atoms with Crippen molar-refractivity contribution >= 4 is 33.5 Å². The van der Waals surface area contributed by atoms with Crippen molar-refractivity contribution in [3.8, 4) is 5.75 Å². The number of carbonyl (C=O) groups is 1. The number of hydrogen-bond donors (Lipinski definition) is 1. The van der Waals surface area contributed by atoms with Crippen LogP contribution in [0, 0.1) is 0 Å². The minimum atomic E-state index is -1.17. The molecule has 0 unspecified atom stereocenters. The Kier molecular flexibility index (Phi) is 3.30. The molecule has 8 heteroatoms. The van der Waals surface area contributed by atoms with Gasteiger partial charge in [-0.25, -0.2) is 4.79 Å². The van der Waals surface area contributed by atoms with Crippen LogP contribution in [0.25, 0.3) is 0 Å². The van der Waals surface area contributed by atoms with E-state index in [1.54, 1.807) is 18.2 Å². The van der Waals surface area contributed by atoms with Crippen LogP contribution in [0.3, 0.4) is 0 Å². The Bertz CT molecular complexity index is 572. The molecule has 0 bridgehead atoms. The Morgan fingerprint density at radius 3 is 2.88 bits per heavy atom. The minimum absolute atomic E-state index is 0.201. The summed E-state index contributed by atoms with van der Waals surface area (Å²) in [6.07, 6.45) is 1.15. The fraction of sp³-hybridized carbons (Fsp3) is 0. The first-order valence-electron chi connectivity index (χ1n) is 4.35. The normalized spacial score (nSPS) is 10.2. The van der Waals surface area contributed by atoms with E-state index >= 15 is 0 Å². The van der Waals surface area contributed by atoms with Crippen LogP contribution in [0.4, 0.5) is 0 Å². The number of aromatic nitrogens is 3. The Hall–Kier alpha value is -1.60. The van der Waals surface area contributed by atoms with E-state index in [-0.39, 0.29) is 5.69 Å². The summed E-state index contributed by atoms with van der Waals surface area (Å²) in [5.41, 5.74) is -0.201. The van der Waals surface area contributed by atoms with E-state index in [0.29, 0.717) is 10.8 Å². The maximum absolute atomic E-state index is 10.6. The average Bonchev–Trinajstić information content (AvgIpc) is 2.72. The molecular weight excluding hydrogens is 313 g/mol. The number of carboxylic acid groups (broad SMARTS) is 1. The van der Waals surface area contributed by atoms with Gasteiger partial charge in [0.1, 0.15) is 6.20 Å². The number of rotatable bonds is 3. The maximum Gasteiger partial charge on any atom is 0.358 e. The Balaban J connectivity index is 2.19. The van der Waals surface area contributed by atoms with Crippen molar-refractivity contribution in [1.29, 1.82) is 0 Å². The summed E-state index contributed by atoms with van der Waals surface area (Å²) < 4.78 is 0.733. The average molecular weight is 319 g/mol. The largest absolute Gasteiger partial charge is 0.476 e. The quantitative estimate of drug-likeness (QED) is 0.939. The molecule has 2 aromatic rings. The SMILES string of the molecule is O=C(O)c1cn(Oc2ccc(Br)c(Cl)c2)nn1. The molecule has 0 aliphatic carbocycles. The highest BCUT2D eigenvalue weighted by Crippen LogP contribution is 2.26. The van der Waals surface area contributed by atoms with Gasteiger partial charge >= 0.3 is 5.97 Å². The summed E-state index contributed by atoms with van der Waals surface area (Å²) in [4.78, 5) is 16.7. The number of halogens is 2. The van der Waals surface area contributed by atoms with Gasteiger partial charge in [-0.05, 0) is 33.3 Å². The molecule has 0 amide bonds. The van der Waals surface area contributed by atoms with Gasteiger partial charge in [-0.15, -0.1) is 5.10 Å². The second-order valence-corrected chi connectivity index (χ2v) is 4.24. The first-order valence-corrected chi connectivity index (χ1v) is 5.52. The van der Waals surface area contributed by atoms with Crippen molar-refractivity contribution in [3.05, 3.63) is 39.6 Å². The highest BCUT2D eigenvalue weighted by Gasteiger charge is 2.09. The number of hydrogen-bond acceptors (Lipinski definition) is 4. The van der Waals surface area contributed by atoms with Crippen molar-refractivity contribution < 1.29 is 14.7 Å². The van der Waals surface area contributed by atoms with Gasteiger partial charge in [0, 0.05) is 10.5 Å². The first-order chi connectivity index (χ1) is 8.06. The summed E-state index contributed by atoms with van der Waals surface area (Å²) in [7, 11) is 0. The standard InChI is InChI=1S/C9H5BrClN3O3/c10-6-2-1-5(3-7(6)11)17-14-4-8(9(15)16)12-13-14/h1-4H,(H,15,16). The minimum Gasteiger partial charge on any atom is -0.476 e. The van der Waals surface area contributed by atoms with Gasteiger partial charge in [0.2, 0.25) is 0 Å². The van der Waals surface area contributed by atoms with E-state index in [9.17, 15) is 4.79 Å². The number of benzene rings is 1. The van der Waals surface area contributed by atoms with Gasteiger partial charge in [-0.1, -0.05) is 16.4 Å². The van der Waals surface area contributed by atoms with Gasteiger partial charge in [-0.2, -0.15) is 0 Å². The molecular formula is C9H5BrClN3O3. The molecule has 2 rings (SSSR count). The monoisotopic (exact) mass is 317 g/mol. The van der Waals surface area contributed by atoms with Crippen LogP contribution in [-0.2, 0) is 0 Å². The molecule has 1 heterocycles. The number of aromatic carboxylic acids is 1. The highest BCUT2D eigenvalue weighted by molar-refractivity contribution is 9.10. The van der Waals surface area contributed by atoms with E-state index in [1.165, 1.54) is 0 Å². The van der Waals surface area contributed by atoms with Gasteiger partial charge in [0.05, 0.1) is 5.02 Å². The third kappa shape index (κ3) is 2.75. The zero-order chi connectivity index (χ0) is 12.4. The topological polar surface area (TPSA) is 77.2 Å². The molecule has 6 nitrogen and oxygen atoms in total. The Morgan fingerprint density at radius 1 is 1.53 bits per heavy atom. The lowest BCUT2D eigenvalue weighted by atomic mass is 10.3. The molecule has 1 N–H and O–H groups in total. The van der Waals surface area contributed by atoms with Gasteiger partial charge in [0.15, 0.2) is 11.4 Å². The van der Waals surface area contributed by atoms with Crippen molar-refractivity contribution in [2.45, 2.75) is 0 Å². The summed E-state index contributed by atoms with van der Waals surface area (Å²) in [5.74, 6) is -0.756. The predicted octanol–water partition coefficient (Wildman–Crippen LogP) is 2.23. The maximum atomic E-state index is 10.6. The van der Waals surface area contributed by atoms with Crippen molar-refractivity contribution in [2.75, 3.05) is 0 Å². The second-order valence-electron chi connectivity index (χ2n) is 2.98. The third-order valence-corrected chi connectivity index (χ3v) is 3.01. The second kappa shape index (κ2) is 4.72. The fourth-order valence-electron chi connectivity index (χ4n) is 1.03. The predicted molar refractivity (Wildman–Crippen MR) is 62.2 cm³/mol. The molecule has 17 heavy (non-hydrogen) atoms. The van der Waals surface area contributed by atoms with Crippen LogP contribution in [-0.4, -0.2) is 26.2 Å². The van der Waals surface area contributed by atoms with E-state index in [4.69, 9.17) is 21.5 Å². The molecule has 1 aromatic carbocycles. The fourth-order valence-corrected chi connectivity index (χ4v) is 1.45. The van der Waals surface area contributed by atoms with Crippen LogP contribution in [0.2, 0.25) is 5.02 Å². The zero-order valence-corrected chi connectivity index (χ0v) is 10.5. The first kappa shape index (κ1) is 11.9. The lowest BCUT2D eigenvalue weighted by Gasteiger charge is -2.03. The van der Waals surface area contributed by atoms with E-state index in [2.05, 4.69) is 26.2 Å². The highest BCUT2D eigenvalue weighted by atomic mass is 79.9. The van der Waals surface area contributed by atoms with E-state index in [1.807, 2.05) is 0 Å². The molecule has 0 saturated heterocycles. The Labute approximate surface area is 109 Å². The summed E-state index contributed by atoms with van der Waals surface area (Å²) >= 11 is 9.11. The molecule has 1 aromatic heterocycles. The van der Waals surface area contributed by atoms with Crippen LogP contribution in [0.5, 0.6) is 5.75 Å². The van der Waals surface area contributed by atoms with Crippen LogP contribution < -0.4 is 4.84 Å².